The lowest BCUT2D eigenvalue weighted by atomic mass is 10.1. The summed E-state index contributed by atoms with van der Waals surface area (Å²) in [5.41, 5.74) is 6.67. The Morgan fingerprint density at radius 3 is 2.69 bits per heavy atom. The Morgan fingerprint density at radius 2 is 2.19 bits per heavy atom. The van der Waals surface area contributed by atoms with Crippen LogP contribution in [0.4, 0.5) is 20.2 Å². The summed E-state index contributed by atoms with van der Waals surface area (Å²) >= 11 is 0. The van der Waals surface area contributed by atoms with E-state index in [0.29, 0.717) is 11.3 Å². The third-order valence-corrected chi connectivity index (χ3v) is 1.99. The molecule has 1 rings (SSSR count). The largest absolute Gasteiger partial charge is 0.397 e. The predicted octanol–water partition coefficient (Wildman–Crippen LogP) is 1.31. The number of carbonyl (C=O) groups is 1. The van der Waals surface area contributed by atoms with Gasteiger partial charge in [-0.2, -0.15) is 0 Å². The fourth-order valence-corrected chi connectivity index (χ4v) is 1.20. The van der Waals surface area contributed by atoms with Crippen LogP contribution in [0.3, 0.4) is 0 Å². The highest BCUT2D eigenvalue weighted by Gasteiger charge is 2.07. The molecule has 6 heteroatoms. The van der Waals surface area contributed by atoms with E-state index in [1.54, 1.807) is 0 Å². The Kier molecular flexibility index (Phi) is 4.04. The minimum absolute atomic E-state index is 0.266. The molecule has 4 N–H and O–H groups in total. The first kappa shape index (κ1) is 12.2. The average Bonchev–Trinajstić information content (AvgIpc) is 2.26. The molecule has 0 bridgehead atoms. The Bertz CT molecular complexity index is 382. The maximum absolute atomic E-state index is 11.9. The molecule has 4 nitrogen and oxygen atoms in total. The molecule has 0 aliphatic heterocycles. The minimum Gasteiger partial charge on any atom is -0.397 e. The zero-order chi connectivity index (χ0) is 12.1. The Hall–Kier alpha value is -1.85. The highest BCUT2D eigenvalue weighted by atomic mass is 19.3. The van der Waals surface area contributed by atoms with Crippen LogP contribution in [0.2, 0.25) is 0 Å². The number of rotatable bonds is 4. The monoisotopic (exact) mass is 229 g/mol. The van der Waals surface area contributed by atoms with Gasteiger partial charge in [0.05, 0.1) is 17.9 Å². The van der Waals surface area contributed by atoms with Crippen molar-refractivity contribution in [2.45, 2.75) is 6.43 Å². The molecule has 0 aliphatic rings. The lowest BCUT2D eigenvalue weighted by molar-refractivity contribution is 0.0963. The molecule has 0 aromatic heterocycles. The van der Waals surface area contributed by atoms with E-state index in [4.69, 9.17) is 5.73 Å². The number of alkyl halides is 2. The Morgan fingerprint density at radius 1 is 1.50 bits per heavy atom. The molecular formula is C10H13F2N3O. The van der Waals surface area contributed by atoms with E-state index in [2.05, 4.69) is 10.6 Å². The summed E-state index contributed by atoms with van der Waals surface area (Å²) in [6.45, 7) is -0.469. The van der Waals surface area contributed by atoms with Gasteiger partial charge in [0, 0.05) is 12.6 Å². The lowest BCUT2D eigenvalue weighted by Gasteiger charge is -2.09. The normalized spacial score (nSPS) is 10.2. The number of nitrogen functional groups attached to an aromatic ring is 1. The molecule has 0 spiro atoms. The van der Waals surface area contributed by atoms with Crippen molar-refractivity contribution in [1.82, 2.24) is 5.32 Å². The highest BCUT2D eigenvalue weighted by Crippen LogP contribution is 2.20. The van der Waals surface area contributed by atoms with Crippen LogP contribution in [0.25, 0.3) is 0 Å². The van der Waals surface area contributed by atoms with E-state index in [0.717, 1.165) is 0 Å². The van der Waals surface area contributed by atoms with Crippen LogP contribution < -0.4 is 16.4 Å². The molecule has 0 unspecified atom stereocenters. The molecule has 0 atom stereocenters. The number of hydrogen-bond donors (Lipinski definition) is 3. The molecular weight excluding hydrogens is 216 g/mol. The van der Waals surface area contributed by atoms with Crippen molar-refractivity contribution in [1.29, 1.82) is 0 Å². The fraction of sp³-hybridized carbons (Fsp3) is 0.300. The second kappa shape index (κ2) is 5.29. The summed E-state index contributed by atoms with van der Waals surface area (Å²) < 4.78 is 23.9. The number of halogens is 2. The third-order valence-electron chi connectivity index (χ3n) is 1.99. The molecule has 0 saturated carbocycles. The van der Waals surface area contributed by atoms with Crippen molar-refractivity contribution in [3.05, 3.63) is 23.8 Å². The number of anilines is 2. The smallest absolute Gasteiger partial charge is 0.255 e. The molecule has 0 heterocycles. The van der Waals surface area contributed by atoms with Crippen molar-refractivity contribution in [2.24, 2.45) is 0 Å². The molecule has 0 saturated heterocycles. The molecule has 0 radical (unpaired) electrons. The third kappa shape index (κ3) is 3.08. The van der Waals surface area contributed by atoms with Gasteiger partial charge in [0.2, 0.25) is 0 Å². The first-order valence-electron chi connectivity index (χ1n) is 4.68. The van der Waals surface area contributed by atoms with Crippen molar-refractivity contribution in [3.63, 3.8) is 0 Å². The van der Waals surface area contributed by atoms with Gasteiger partial charge in [0.25, 0.3) is 12.3 Å². The van der Waals surface area contributed by atoms with Crippen molar-refractivity contribution >= 4 is 17.3 Å². The predicted molar refractivity (Wildman–Crippen MR) is 58.7 cm³/mol. The van der Waals surface area contributed by atoms with E-state index in [9.17, 15) is 13.6 Å². The van der Waals surface area contributed by atoms with E-state index in [1.807, 2.05) is 0 Å². The quantitative estimate of drug-likeness (QED) is 0.682. The van der Waals surface area contributed by atoms with E-state index in [1.165, 1.54) is 25.2 Å². The lowest BCUT2D eigenvalue weighted by Crippen LogP contribution is -2.18. The second-order valence-electron chi connectivity index (χ2n) is 3.15. The van der Waals surface area contributed by atoms with Gasteiger partial charge in [-0.05, 0) is 18.2 Å². The van der Waals surface area contributed by atoms with Crippen LogP contribution in [0, 0.1) is 0 Å². The zero-order valence-corrected chi connectivity index (χ0v) is 8.76. The zero-order valence-electron chi connectivity index (χ0n) is 8.76. The van der Waals surface area contributed by atoms with Crippen LogP contribution in [0.1, 0.15) is 10.4 Å². The van der Waals surface area contributed by atoms with Crippen molar-refractivity contribution < 1.29 is 13.6 Å². The SMILES string of the molecule is CNC(=O)c1ccc(NCC(F)F)c(N)c1. The molecule has 0 fully saturated rings. The van der Waals surface area contributed by atoms with Gasteiger partial charge in [-0.25, -0.2) is 8.78 Å². The van der Waals surface area contributed by atoms with Crippen molar-refractivity contribution in [2.75, 3.05) is 24.6 Å². The number of benzene rings is 1. The topological polar surface area (TPSA) is 67.2 Å². The summed E-state index contributed by atoms with van der Waals surface area (Å²) in [7, 11) is 1.50. The molecule has 1 aromatic carbocycles. The number of nitrogens with one attached hydrogen (secondary N) is 2. The van der Waals surface area contributed by atoms with Gasteiger partial charge >= 0.3 is 0 Å². The van der Waals surface area contributed by atoms with Gasteiger partial charge in [-0.3, -0.25) is 4.79 Å². The van der Waals surface area contributed by atoms with Gasteiger partial charge in [0.15, 0.2) is 0 Å². The van der Waals surface area contributed by atoms with Crippen LogP contribution >= 0.6 is 0 Å². The highest BCUT2D eigenvalue weighted by molar-refractivity contribution is 5.95. The maximum Gasteiger partial charge on any atom is 0.255 e. The average molecular weight is 229 g/mol. The summed E-state index contributed by atoms with van der Waals surface area (Å²) in [6.07, 6.45) is -2.45. The van der Waals surface area contributed by atoms with Crippen LogP contribution in [-0.4, -0.2) is 25.9 Å². The summed E-state index contributed by atoms with van der Waals surface area (Å²) in [5, 5.41) is 4.93. The van der Waals surface area contributed by atoms with E-state index < -0.39 is 13.0 Å². The Balaban J connectivity index is 2.79. The second-order valence-corrected chi connectivity index (χ2v) is 3.15. The van der Waals surface area contributed by atoms with E-state index in [-0.39, 0.29) is 11.6 Å². The standard InChI is InChI=1S/C10H13F2N3O/c1-14-10(16)6-2-3-8(7(13)4-6)15-5-9(11)12/h2-4,9,15H,5,13H2,1H3,(H,14,16). The van der Waals surface area contributed by atoms with Gasteiger partial charge in [-0.15, -0.1) is 0 Å². The number of hydrogen-bond acceptors (Lipinski definition) is 3. The molecule has 1 aromatic rings. The molecule has 16 heavy (non-hydrogen) atoms. The van der Waals surface area contributed by atoms with Gasteiger partial charge < -0.3 is 16.4 Å². The number of carbonyl (C=O) groups excluding carboxylic acids is 1. The van der Waals surface area contributed by atoms with Crippen LogP contribution in [0.15, 0.2) is 18.2 Å². The minimum atomic E-state index is -2.45. The first-order valence-corrected chi connectivity index (χ1v) is 4.68. The van der Waals surface area contributed by atoms with Crippen LogP contribution in [-0.2, 0) is 0 Å². The number of amides is 1. The molecule has 88 valence electrons. The molecule has 1 amide bonds. The Labute approximate surface area is 91.8 Å². The van der Waals surface area contributed by atoms with E-state index >= 15 is 0 Å². The molecule has 0 aliphatic carbocycles. The summed E-state index contributed by atoms with van der Waals surface area (Å²) in [5.74, 6) is -0.271. The maximum atomic E-state index is 11.9. The summed E-state index contributed by atoms with van der Waals surface area (Å²) in [4.78, 5) is 11.2. The fourth-order valence-electron chi connectivity index (χ4n) is 1.20. The van der Waals surface area contributed by atoms with Gasteiger partial charge in [-0.1, -0.05) is 0 Å². The van der Waals surface area contributed by atoms with Gasteiger partial charge in [0.1, 0.15) is 0 Å². The van der Waals surface area contributed by atoms with Crippen LogP contribution in [0.5, 0.6) is 0 Å². The van der Waals surface area contributed by atoms with Crippen molar-refractivity contribution in [3.8, 4) is 0 Å². The summed E-state index contributed by atoms with van der Waals surface area (Å²) in [6, 6.07) is 4.46. The first-order chi connectivity index (χ1) is 7.54. The number of nitrogens with two attached hydrogens (primary N) is 1.